The van der Waals surface area contributed by atoms with Crippen molar-refractivity contribution < 1.29 is 4.79 Å². The molecule has 5 rings (SSSR count). The second-order valence-electron chi connectivity index (χ2n) is 6.55. The number of para-hydroxylation sites is 3. The van der Waals surface area contributed by atoms with E-state index in [9.17, 15) is 4.79 Å². The van der Waals surface area contributed by atoms with Gasteiger partial charge in [-0.1, -0.05) is 30.3 Å². The molecule has 5 nitrogen and oxygen atoms in total. The monoisotopic (exact) mass is 330 g/mol. The van der Waals surface area contributed by atoms with Gasteiger partial charge in [-0.25, -0.2) is 4.98 Å². The van der Waals surface area contributed by atoms with Crippen LogP contribution in [0.25, 0.3) is 21.9 Å². The molecular formula is C20H18N4O. The van der Waals surface area contributed by atoms with Gasteiger partial charge in [0.1, 0.15) is 6.54 Å². The smallest absolute Gasteiger partial charge is 0.242 e. The van der Waals surface area contributed by atoms with Crippen LogP contribution < -0.4 is 0 Å². The van der Waals surface area contributed by atoms with Crippen LogP contribution in [0.3, 0.4) is 0 Å². The van der Waals surface area contributed by atoms with E-state index in [1.54, 1.807) is 6.33 Å². The Morgan fingerprint density at radius 2 is 1.96 bits per heavy atom. The summed E-state index contributed by atoms with van der Waals surface area (Å²) in [6.07, 6.45) is 2.63. The molecule has 25 heavy (non-hydrogen) atoms. The van der Waals surface area contributed by atoms with E-state index in [1.807, 2.05) is 39.8 Å². The summed E-state index contributed by atoms with van der Waals surface area (Å²) < 4.78 is 1.93. The molecule has 0 saturated heterocycles. The third kappa shape index (κ3) is 2.31. The molecule has 1 aliphatic heterocycles. The summed E-state index contributed by atoms with van der Waals surface area (Å²) in [6, 6.07) is 16.2. The van der Waals surface area contributed by atoms with Gasteiger partial charge in [0, 0.05) is 41.7 Å². The minimum absolute atomic E-state index is 0.138. The molecule has 0 atom stereocenters. The van der Waals surface area contributed by atoms with Gasteiger partial charge < -0.3 is 14.5 Å². The second kappa shape index (κ2) is 5.48. The number of rotatable bonds is 2. The number of nitrogens with one attached hydrogen (secondary N) is 1. The summed E-state index contributed by atoms with van der Waals surface area (Å²) in [6.45, 7) is 1.76. The summed E-state index contributed by atoms with van der Waals surface area (Å²) in [5.74, 6) is 0.138. The van der Waals surface area contributed by atoms with Crippen molar-refractivity contribution >= 4 is 27.8 Å². The zero-order valence-corrected chi connectivity index (χ0v) is 13.8. The summed E-state index contributed by atoms with van der Waals surface area (Å²) >= 11 is 0. The largest absolute Gasteiger partial charge is 0.358 e. The zero-order valence-electron chi connectivity index (χ0n) is 13.8. The van der Waals surface area contributed by atoms with Crippen LogP contribution in [0.2, 0.25) is 0 Å². The Bertz CT molecular complexity index is 1090. The number of carbonyl (C=O) groups excluding carboxylic acids is 1. The lowest BCUT2D eigenvalue weighted by Gasteiger charge is -2.27. The Hall–Kier alpha value is -3.08. The Morgan fingerprint density at radius 1 is 1.12 bits per heavy atom. The molecule has 2 aromatic heterocycles. The van der Waals surface area contributed by atoms with Crippen LogP contribution in [0.4, 0.5) is 0 Å². The first-order valence-corrected chi connectivity index (χ1v) is 8.56. The second-order valence-corrected chi connectivity index (χ2v) is 6.55. The molecule has 0 unspecified atom stereocenters. The van der Waals surface area contributed by atoms with Crippen molar-refractivity contribution in [1.29, 1.82) is 0 Å². The third-order valence-corrected chi connectivity index (χ3v) is 5.07. The average molecular weight is 330 g/mol. The summed E-state index contributed by atoms with van der Waals surface area (Å²) in [5.41, 5.74) is 5.60. The standard InChI is InChI=1S/C20H18N4O/c25-20(12-24-13-21-18-7-3-4-8-19(18)24)23-10-9-17-15(11-23)14-5-1-2-6-16(14)22-17/h1-8,13,22H,9-12H2. The van der Waals surface area contributed by atoms with Crippen LogP contribution in [-0.2, 0) is 24.3 Å². The van der Waals surface area contributed by atoms with Gasteiger partial charge in [0.15, 0.2) is 0 Å². The molecule has 0 aliphatic carbocycles. The Balaban J connectivity index is 1.41. The van der Waals surface area contributed by atoms with E-state index < -0.39 is 0 Å². The predicted molar refractivity (Wildman–Crippen MR) is 97.2 cm³/mol. The van der Waals surface area contributed by atoms with E-state index >= 15 is 0 Å². The molecular weight excluding hydrogens is 312 g/mol. The maximum atomic E-state index is 12.8. The molecule has 2 aromatic carbocycles. The highest BCUT2D eigenvalue weighted by Crippen LogP contribution is 2.27. The minimum Gasteiger partial charge on any atom is -0.358 e. The maximum Gasteiger partial charge on any atom is 0.242 e. The number of nitrogens with zero attached hydrogens (tertiary/aromatic N) is 3. The fourth-order valence-corrected chi connectivity index (χ4v) is 3.76. The van der Waals surface area contributed by atoms with Crippen molar-refractivity contribution in [3.8, 4) is 0 Å². The minimum atomic E-state index is 0.138. The van der Waals surface area contributed by atoms with E-state index in [1.165, 1.54) is 16.6 Å². The lowest BCUT2D eigenvalue weighted by atomic mass is 10.0. The molecule has 1 amide bonds. The Kier molecular flexibility index (Phi) is 3.13. The number of aromatic amines is 1. The predicted octanol–water partition coefficient (Wildman–Crippen LogP) is 3.10. The highest BCUT2D eigenvalue weighted by Gasteiger charge is 2.24. The van der Waals surface area contributed by atoms with Gasteiger partial charge in [0.05, 0.1) is 17.4 Å². The van der Waals surface area contributed by atoms with Gasteiger partial charge in [-0.15, -0.1) is 0 Å². The highest BCUT2D eigenvalue weighted by molar-refractivity contribution is 5.86. The van der Waals surface area contributed by atoms with Crippen LogP contribution in [0.1, 0.15) is 11.3 Å². The summed E-state index contributed by atoms with van der Waals surface area (Å²) in [5, 5.41) is 1.23. The number of imidazole rings is 1. The van der Waals surface area contributed by atoms with Crippen molar-refractivity contribution in [1.82, 2.24) is 19.4 Å². The van der Waals surface area contributed by atoms with Gasteiger partial charge in [-0.05, 0) is 18.2 Å². The number of amides is 1. The van der Waals surface area contributed by atoms with Crippen molar-refractivity contribution in [3.63, 3.8) is 0 Å². The van der Waals surface area contributed by atoms with Crippen LogP contribution in [0.5, 0.6) is 0 Å². The first-order valence-electron chi connectivity index (χ1n) is 8.56. The van der Waals surface area contributed by atoms with E-state index in [4.69, 9.17) is 0 Å². The van der Waals surface area contributed by atoms with E-state index in [0.29, 0.717) is 13.1 Å². The van der Waals surface area contributed by atoms with Crippen molar-refractivity contribution in [2.24, 2.45) is 0 Å². The third-order valence-electron chi connectivity index (χ3n) is 5.07. The van der Waals surface area contributed by atoms with Crippen LogP contribution in [-0.4, -0.2) is 31.9 Å². The number of hydrogen-bond acceptors (Lipinski definition) is 2. The fraction of sp³-hybridized carbons (Fsp3) is 0.200. The average Bonchev–Trinajstić information content (AvgIpc) is 3.22. The zero-order chi connectivity index (χ0) is 16.8. The van der Waals surface area contributed by atoms with Crippen molar-refractivity contribution in [3.05, 3.63) is 66.1 Å². The normalized spacial score (nSPS) is 14.2. The van der Waals surface area contributed by atoms with Gasteiger partial charge in [0.25, 0.3) is 0 Å². The van der Waals surface area contributed by atoms with Crippen LogP contribution >= 0.6 is 0 Å². The first-order chi connectivity index (χ1) is 12.3. The van der Waals surface area contributed by atoms with Gasteiger partial charge in [-0.3, -0.25) is 4.79 Å². The van der Waals surface area contributed by atoms with Gasteiger partial charge in [0.2, 0.25) is 5.91 Å². The lowest BCUT2D eigenvalue weighted by Crippen LogP contribution is -2.37. The van der Waals surface area contributed by atoms with Crippen LogP contribution in [0.15, 0.2) is 54.9 Å². The molecule has 0 fully saturated rings. The van der Waals surface area contributed by atoms with E-state index in [2.05, 4.69) is 28.2 Å². The number of carbonyl (C=O) groups is 1. The van der Waals surface area contributed by atoms with Gasteiger partial charge in [-0.2, -0.15) is 0 Å². The maximum absolute atomic E-state index is 12.8. The Labute approximate surface area is 144 Å². The lowest BCUT2D eigenvalue weighted by molar-refractivity contribution is -0.132. The molecule has 124 valence electrons. The molecule has 1 aliphatic rings. The number of aromatic nitrogens is 3. The van der Waals surface area contributed by atoms with Crippen molar-refractivity contribution in [2.45, 2.75) is 19.5 Å². The van der Waals surface area contributed by atoms with E-state index in [0.717, 1.165) is 29.5 Å². The first kappa shape index (κ1) is 14.3. The molecule has 4 aromatic rings. The Morgan fingerprint density at radius 3 is 2.92 bits per heavy atom. The number of fused-ring (bicyclic) bond motifs is 4. The molecule has 5 heteroatoms. The SMILES string of the molecule is O=C(Cn1cnc2ccccc21)N1CCc2[nH]c3ccccc3c2C1. The summed E-state index contributed by atoms with van der Waals surface area (Å²) in [4.78, 5) is 22.7. The number of H-pyrrole nitrogens is 1. The topological polar surface area (TPSA) is 53.9 Å². The molecule has 3 heterocycles. The molecule has 0 radical (unpaired) electrons. The van der Waals surface area contributed by atoms with E-state index in [-0.39, 0.29) is 5.91 Å². The molecule has 0 saturated carbocycles. The number of hydrogen-bond donors (Lipinski definition) is 1. The quantitative estimate of drug-likeness (QED) is 0.614. The number of benzene rings is 2. The molecule has 0 spiro atoms. The van der Waals surface area contributed by atoms with Gasteiger partial charge >= 0.3 is 0 Å². The summed E-state index contributed by atoms with van der Waals surface area (Å²) in [7, 11) is 0. The fourth-order valence-electron chi connectivity index (χ4n) is 3.76. The molecule has 1 N–H and O–H groups in total. The van der Waals surface area contributed by atoms with Crippen molar-refractivity contribution in [2.75, 3.05) is 6.54 Å². The molecule has 0 bridgehead atoms. The highest BCUT2D eigenvalue weighted by atomic mass is 16.2. The van der Waals surface area contributed by atoms with Crippen LogP contribution in [0, 0.1) is 0 Å².